The molecule has 0 aliphatic heterocycles. The number of hydrogen-bond acceptors (Lipinski definition) is 0. The summed E-state index contributed by atoms with van der Waals surface area (Å²) in [5.41, 5.74) is 0. The lowest BCUT2D eigenvalue weighted by Crippen LogP contribution is -2.18. The molecular formula is C5H10B5. The highest BCUT2D eigenvalue weighted by atomic mass is 14.0. The second-order valence-electron chi connectivity index (χ2n) is 2.65. The molecule has 0 N–H and O–H groups in total. The Bertz CT molecular complexity index is 74.4. The third kappa shape index (κ3) is 5.14. The van der Waals surface area contributed by atoms with Gasteiger partial charge in [-0.15, -0.1) is 0 Å². The van der Waals surface area contributed by atoms with Gasteiger partial charge in [0, 0.05) is 29.7 Å². The van der Waals surface area contributed by atoms with Crippen LogP contribution in [0.25, 0.3) is 0 Å². The monoisotopic (exact) mass is 125 g/mol. The Morgan fingerprint density at radius 1 is 1.50 bits per heavy atom. The average molecular weight is 124 g/mol. The largest absolute Gasteiger partial charge is 0.0882 e. The molecular weight excluding hydrogens is 114 g/mol. The number of rotatable bonds is 5. The lowest BCUT2D eigenvalue weighted by molar-refractivity contribution is 0.622. The molecule has 0 saturated heterocycles. The van der Waals surface area contributed by atoms with Gasteiger partial charge in [0.2, 0.25) is 0 Å². The third-order valence-electron chi connectivity index (χ3n) is 1.65. The van der Waals surface area contributed by atoms with Crippen molar-refractivity contribution in [1.29, 1.82) is 0 Å². The second-order valence-corrected chi connectivity index (χ2v) is 2.65. The summed E-state index contributed by atoms with van der Waals surface area (Å²) in [6, 6.07) is 0. The Hall–Kier alpha value is 0.325. The van der Waals surface area contributed by atoms with Crippen LogP contribution in [0.5, 0.6) is 0 Å². The zero-order valence-corrected chi connectivity index (χ0v) is 6.59. The van der Waals surface area contributed by atoms with Crippen LogP contribution < -0.4 is 0 Å². The van der Waals surface area contributed by atoms with Crippen molar-refractivity contribution in [2.24, 2.45) is 5.92 Å². The zero-order chi connectivity index (χ0) is 7.98. The first-order chi connectivity index (χ1) is 4.70. The minimum absolute atomic E-state index is 0.190. The normalized spacial score (nSPS) is 12.5. The summed E-state index contributed by atoms with van der Waals surface area (Å²) in [5, 5.41) is 0. The Kier molecular flexibility index (Phi) is 6.26. The minimum atomic E-state index is -0.190. The van der Waals surface area contributed by atoms with Crippen molar-refractivity contribution in [3.8, 4) is 0 Å². The van der Waals surface area contributed by atoms with Crippen LogP contribution >= 0.6 is 0 Å². The van der Waals surface area contributed by atoms with Crippen molar-refractivity contribution in [2.45, 2.75) is 26.0 Å². The quantitative estimate of drug-likeness (QED) is 0.454. The van der Waals surface area contributed by atoms with Crippen LogP contribution in [-0.4, -0.2) is 36.9 Å². The maximum absolute atomic E-state index is 5.42. The molecule has 0 aromatic carbocycles. The summed E-state index contributed by atoms with van der Waals surface area (Å²) in [5.74, 6) is 0.560. The van der Waals surface area contributed by atoms with Crippen LogP contribution in [0.4, 0.5) is 0 Å². The molecule has 45 valence electrons. The molecule has 0 aromatic heterocycles. The molecule has 0 bridgehead atoms. The van der Waals surface area contributed by atoms with Crippen molar-refractivity contribution >= 4 is 36.9 Å². The first-order valence-corrected chi connectivity index (χ1v) is 3.75. The van der Waals surface area contributed by atoms with Gasteiger partial charge >= 0.3 is 0 Å². The van der Waals surface area contributed by atoms with Gasteiger partial charge in [0.1, 0.15) is 0 Å². The molecule has 10 heavy (non-hydrogen) atoms. The molecule has 0 heterocycles. The maximum Gasteiger partial charge on any atom is 0.0548 e. The van der Waals surface area contributed by atoms with Gasteiger partial charge in [-0.25, -0.2) is 0 Å². The molecule has 1 atom stereocenters. The van der Waals surface area contributed by atoms with E-state index in [1.807, 2.05) is 0 Å². The Balaban J connectivity index is 3.39. The highest BCUT2D eigenvalue weighted by Crippen LogP contribution is 2.13. The van der Waals surface area contributed by atoms with Crippen LogP contribution in [0.1, 0.15) is 13.3 Å². The van der Waals surface area contributed by atoms with E-state index in [0.717, 1.165) is 19.1 Å². The fourth-order valence-electron chi connectivity index (χ4n) is 1.01. The summed E-state index contributed by atoms with van der Waals surface area (Å²) in [6.07, 6.45) is 2.88. The molecule has 0 aliphatic rings. The van der Waals surface area contributed by atoms with E-state index < -0.39 is 0 Å². The van der Waals surface area contributed by atoms with Gasteiger partial charge in [-0.3, -0.25) is 0 Å². The molecule has 0 rings (SSSR count). The lowest BCUT2D eigenvalue weighted by atomic mass is 9.17. The van der Waals surface area contributed by atoms with Gasteiger partial charge < -0.3 is 0 Å². The topological polar surface area (TPSA) is 0 Å². The predicted molar refractivity (Wildman–Crippen MR) is 52.2 cm³/mol. The zero-order valence-electron chi connectivity index (χ0n) is 6.59. The first-order valence-electron chi connectivity index (χ1n) is 3.75. The molecule has 0 nitrogen and oxygen atoms in total. The van der Waals surface area contributed by atoms with Gasteiger partial charge in [-0.05, 0) is 0 Å². The van der Waals surface area contributed by atoms with Crippen LogP contribution in [0.15, 0.2) is 0 Å². The molecule has 0 fully saturated rings. The van der Waals surface area contributed by atoms with Crippen LogP contribution in [0.2, 0.25) is 12.6 Å². The third-order valence-corrected chi connectivity index (χ3v) is 1.65. The number of hydrogen-bond donors (Lipinski definition) is 0. The highest BCUT2D eigenvalue weighted by molar-refractivity contribution is 7.29. The Morgan fingerprint density at radius 2 is 2.10 bits per heavy atom. The molecule has 0 aliphatic carbocycles. The van der Waals surface area contributed by atoms with E-state index in [2.05, 4.69) is 6.92 Å². The van der Waals surface area contributed by atoms with E-state index in [9.17, 15) is 0 Å². The first kappa shape index (κ1) is 10.3. The molecule has 0 aromatic rings. The summed E-state index contributed by atoms with van der Waals surface area (Å²) in [7, 11) is 17.8. The van der Waals surface area contributed by atoms with Crippen molar-refractivity contribution in [1.82, 2.24) is 0 Å². The van der Waals surface area contributed by atoms with Crippen molar-refractivity contribution in [2.75, 3.05) is 0 Å². The molecule has 1 unspecified atom stereocenters. The fourth-order valence-corrected chi connectivity index (χ4v) is 1.01. The SMILES string of the molecule is [B][B]CC(CC)CB([B])[B]. The van der Waals surface area contributed by atoms with Gasteiger partial charge in [0.15, 0.2) is 0 Å². The molecule has 5 heteroatoms. The minimum Gasteiger partial charge on any atom is -0.0882 e. The molecule has 0 saturated carbocycles. The lowest BCUT2D eigenvalue weighted by Gasteiger charge is -2.14. The second kappa shape index (κ2) is 6.06. The van der Waals surface area contributed by atoms with Gasteiger partial charge in [-0.1, -0.05) is 31.9 Å². The highest BCUT2D eigenvalue weighted by Gasteiger charge is 2.07. The van der Waals surface area contributed by atoms with Crippen molar-refractivity contribution in [3.05, 3.63) is 0 Å². The fraction of sp³-hybridized carbons (Fsp3) is 1.00. The van der Waals surface area contributed by atoms with E-state index in [1.165, 1.54) is 0 Å². The van der Waals surface area contributed by atoms with Crippen molar-refractivity contribution in [3.63, 3.8) is 0 Å². The standard InChI is InChI=1S/C5H10B5/c1-2-5(3-9-6)4-10(7)8/h5H,2-4H2,1H3. The van der Waals surface area contributed by atoms with E-state index in [1.54, 1.807) is 7.17 Å². The predicted octanol–water partition coefficient (Wildman–Crippen LogP) is 0.0438. The Morgan fingerprint density at radius 3 is 2.40 bits per heavy atom. The van der Waals surface area contributed by atoms with E-state index in [4.69, 9.17) is 23.2 Å². The summed E-state index contributed by atoms with van der Waals surface area (Å²) >= 11 is 0. The maximum atomic E-state index is 5.42. The van der Waals surface area contributed by atoms with Crippen LogP contribution in [0, 0.1) is 5.92 Å². The molecule has 0 amide bonds. The van der Waals surface area contributed by atoms with Crippen molar-refractivity contribution < 1.29 is 0 Å². The van der Waals surface area contributed by atoms with Gasteiger partial charge in [-0.2, -0.15) is 0 Å². The van der Waals surface area contributed by atoms with E-state index in [-0.39, 0.29) is 6.49 Å². The van der Waals surface area contributed by atoms with Crippen LogP contribution in [-0.2, 0) is 0 Å². The summed E-state index contributed by atoms with van der Waals surface area (Å²) < 4.78 is 0. The molecule has 0 spiro atoms. The smallest absolute Gasteiger partial charge is 0.0548 e. The Labute approximate surface area is 69.4 Å². The van der Waals surface area contributed by atoms with Gasteiger partial charge in [0.05, 0.1) is 7.17 Å². The van der Waals surface area contributed by atoms with Gasteiger partial charge in [0.25, 0.3) is 0 Å². The summed E-state index contributed by atoms with van der Waals surface area (Å²) in [6.45, 7) is 1.93. The average Bonchev–Trinajstić information content (AvgIpc) is 1.86. The van der Waals surface area contributed by atoms with E-state index in [0.29, 0.717) is 5.92 Å². The molecule has 7 radical (unpaired) electrons. The summed E-state index contributed by atoms with van der Waals surface area (Å²) in [4.78, 5) is 0. The van der Waals surface area contributed by atoms with Crippen LogP contribution in [0.3, 0.4) is 0 Å². The van der Waals surface area contributed by atoms with E-state index >= 15 is 0 Å².